The van der Waals surface area contributed by atoms with E-state index in [9.17, 15) is 18.0 Å². The van der Waals surface area contributed by atoms with Crippen LogP contribution in [-0.4, -0.2) is 71.8 Å². The number of nitrogens with one attached hydrogen (secondary N) is 1. The highest BCUT2D eigenvalue weighted by Gasteiger charge is 2.32. The van der Waals surface area contributed by atoms with Gasteiger partial charge in [0.15, 0.2) is 0 Å². The van der Waals surface area contributed by atoms with E-state index in [-0.39, 0.29) is 23.9 Å². The normalized spacial score (nSPS) is 11.8. The van der Waals surface area contributed by atoms with Crippen LogP contribution in [0.4, 0.5) is 5.69 Å². The van der Waals surface area contributed by atoms with Crippen molar-refractivity contribution in [1.29, 1.82) is 0 Å². The average Bonchev–Trinajstić information content (AvgIpc) is 2.86. The van der Waals surface area contributed by atoms with Gasteiger partial charge in [0.05, 0.1) is 33.3 Å². The third kappa shape index (κ3) is 7.27. The van der Waals surface area contributed by atoms with Gasteiger partial charge in [0.2, 0.25) is 21.8 Å². The number of amides is 2. The van der Waals surface area contributed by atoms with Gasteiger partial charge in [-0.05, 0) is 43.2 Å². The first-order valence-corrected chi connectivity index (χ1v) is 13.3. The zero-order valence-corrected chi connectivity index (χ0v) is 22.4. The lowest BCUT2D eigenvalue weighted by Gasteiger charge is -2.33. The summed E-state index contributed by atoms with van der Waals surface area (Å²) in [5.74, 6) is 0.453. The minimum atomic E-state index is -3.92. The highest BCUT2D eigenvalue weighted by atomic mass is 32.2. The maximum Gasteiger partial charge on any atom is 0.244 e. The molecule has 0 aromatic heterocycles. The lowest BCUT2D eigenvalue weighted by atomic mass is 10.1. The average molecular weight is 522 g/mol. The molecule has 0 radical (unpaired) electrons. The van der Waals surface area contributed by atoms with Crippen molar-refractivity contribution in [2.45, 2.75) is 32.9 Å². The Balaban J connectivity index is 2.51. The van der Waals surface area contributed by atoms with E-state index in [1.165, 1.54) is 25.2 Å². The topological polar surface area (TPSA) is 114 Å². The van der Waals surface area contributed by atoms with E-state index in [1.807, 2.05) is 0 Å². The quantitative estimate of drug-likeness (QED) is 0.431. The van der Waals surface area contributed by atoms with Crippen molar-refractivity contribution in [3.8, 4) is 17.2 Å². The summed E-state index contributed by atoms with van der Waals surface area (Å²) in [6.45, 7) is 3.56. The number of sulfonamides is 1. The summed E-state index contributed by atoms with van der Waals surface area (Å²) in [6, 6.07) is 11.0. The molecule has 0 saturated heterocycles. The fourth-order valence-electron chi connectivity index (χ4n) is 3.73. The number of anilines is 1. The van der Waals surface area contributed by atoms with Gasteiger partial charge in [0.1, 0.15) is 29.8 Å². The third-order valence-electron chi connectivity index (χ3n) is 5.58. The lowest BCUT2D eigenvalue weighted by molar-refractivity contribution is -0.140. The first kappa shape index (κ1) is 28.8. The van der Waals surface area contributed by atoms with Crippen molar-refractivity contribution < 1.29 is 32.2 Å². The van der Waals surface area contributed by atoms with Crippen LogP contribution in [0.15, 0.2) is 42.5 Å². The van der Waals surface area contributed by atoms with Crippen LogP contribution in [0, 0.1) is 0 Å². The second kappa shape index (κ2) is 13.0. The molecule has 0 unspecified atom stereocenters. The smallest absolute Gasteiger partial charge is 0.244 e. The molecule has 10 nitrogen and oxygen atoms in total. The van der Waals surface area contributed by atoms with Gasteiger partial charge >= 0.3 is 0 Å². The van der Waals surface area contributed by atoms with Crippen LogP contribution in [0.3, 0.4) is 0 Å². The molecule has 0 aliphatic rings. The number of nitrogens with zero attached hydrogens (tertiary/aromatic N) is 2. The van der Waals surface area contributed by atoms with E-state index >= 15 is 0 Å². The standard InChI is InChI=1S/C25H35N3O7S/c1-7-21(25(30)26-8-2)27(16-18-9-11-19(33-3)12-10-18)24(29)17-28(36(6,31)32)22-15-20(34-4)13-14-23(22)35-5/h9-15,21H,7-8,16-17H2,1-6H3,(H,26,30)/t21-/m1/s1. The zero-order valence-electron chi connectivity index (χ0n) is 21.6. The summed E-state index contributed by atoms with van der Waals surface area (Å²) in [7, 11) is 0.503. The zero-order chi connectivity index (χ0) is 26.9. The van der Waals surface area contributed by atoms with Crippen LogP contribution in [-0.2, 0) is 26.2 Å². The minimum absolute atomic E-state index is 0.102. The SMILES string of the molecule is CCNC(=O)[C@@H](CC)N(Cc1ccc(OC)cc1)C(=O)CN(c1cc(OC)ccc1OC)S(C)(=O)=O. The number of hydrogen-bond donors (Lipinski definition) is 1. The third-order valence-corrected chi connectivity index (χ3v) is 6.71. The van der Waals surface area contributed by atoms with E-state index in [2.05, 4.69) is 5.32 Å². The largest absolute Gasteiger partial charge is 0.497 e. The fourth-order valence-corrected chi connectivity index (χ4v) is 4.57. The number of methoxy groups -OCH3 is 3. The summed E-state index contributed by atoms with van der Waals surface area (Å²) in [5.41, 5.74) is 0.917. The van der Waals surface area contributed by atoms with Gasteiger partial charge in [0, 0.05) is 19.2 Å². The highest BCUT2D eigenvalue weighted by Crippen LogP contribution is 2.34. The molecule has 2 aromatic rings. The van der Waals surface area contributed by atoms with Gasteiger partial charge in [-0.2, -0.15) is 0 Å². The summed E-state index contributed by atoms with van der Waals surface area (Å²) in [6.07, 6.45) is 1.35. The Morgan fingerprint density at radius 3 is 2.06 bits per heavy atom. The number of benzene rings is 2. The van der Waals surface area contributed by atoms with Crippen LogP contribution in [0.5, 0.6) is 17.2 Å². The molecule has 0 spiro atoms. The first-order valence-electron chi connectivity index (χ1n) is 11.5. The molecule has 0 fully saturated rings. The second-order valence-corrected chi connectivity index (χ2v) is 9.90. The number of rotatable bonds is 13. The van der Waals surface area contributed by atoms with Gasteiger partial charge < -0.3 is 24.4 Å². The van der Waals surface area contributed by atoms with Gasteiger partial charge in [0.25, 0.3) is 0 Å². The Bertz CT molecular complexity index is 1140. The predicted molar refractivity (Wildman–Crippen MR) is 138 cm³/mol. The van der Waals surface area contributed by atoms with E-state index in [0.717, 1.165) is 16.1 Å². The first-order chi connectivity index (χ1) is 17.1. The predicted octanol–water partition coefficient (Wildman–Crippen LogP) is 2.42. The highest BCUT2D eigenvalue weighted by molar-refractivity contribution is 7.92. The molecular formula is C25H35N3O7S. The number of carbonyl (C=O) groups excluding carboxylic acids is 2. The fraction of sp³-hybridized carbons (Fsp3) is 0.440. The Labute approximate surface area is 213 Å². The molecule has 1 atom stereocenters. The number of carbonyl (C=O) groups is 2. The number of hydrogen-bond acceptors (Lipinski definition) is 7. The van der Waals surface area contributed by atoms with E-state index < -0.39 is 28.5 Å². The van der Waals surface area contributed by atoms with Crippen molar-refractivity contribution in [2.75, 3.05) is 45.0 Å². The van der Waals surface area contributed by atoms with Crippen molar-refractivity contribution in [2.24, 2.45) is 0 Å². The van der Waals surface area contributed by atoms with Crippen LogP contribution in [0.1, 0.15) is 25.8 Å². The molecule has 2 amide bonds. The molecule has 0 bridgehead atoms. The molecule has 0 aliphatic heterocycles. The number of ether oxygens (including phenoxy) is 3. The van der Waals surface area contributed by atoms with Crippen LogP contribution in [0.25, 0.3) is 0 Å². The van der Waals surface area contributed by atoms with Crippen LogP contribution in [0.2, 0.25) is 0 Å². The molecule has 0 aliphatic carbocycles. The molecule has 198 valence electrons. The Hall–Kier alpha value is -3.47. The van der Waals surface area contributed by atoms with Gasteiger partial charge in [-0.3, -0.25) is 13.9 Å². The molecule has 0 heterocycles. The van der Waals surface area contributed by atoms with Gasteiger partial charge in [-0.25, -0.2) is 8.42 Å². The van der Waals surface area contributed by atoms with Gasteiger partial charge in [-0.15, -0.1) is 0 Å². The van der Waals surface area contributed by atoms with Crippen molar-refractivity contribution in [3.05, 3.63) is 48.0 Å². The Morgan fingerprint density at radius 2 is 1.56 bits per heavy atom. The van der Waals surface area contributed by atoms with E-state index in [1.54, 1.807) is 57.4 Å². The van der Waals surface area contributed by atoms with Crippen molar-refractivity contribution >= 4 is 27.5 Å². The molecule has 0 saturated carbocycles. The van der Waals surface area contributed by atoms with Crippen LogP contribution < -0.4 is 23.8 Å². The van der Waals surface area contributed by atoms with E-state index in [4.69, 9.17) is 14.2 Å². The molecule has 11 heteroatoms. The number of likely N-dealkylation sites (N-methyl/N-ethyl adjacent to an activating group) is 1. The maximum absolute atomic E-state index is 13.7. The second-order valence-electron chi connectivity index (χ2n) is 8.00. The Morgan fingerprint density at radius 1 is 0.944 bits per heavy atom. The lowest BCUT2D eigenvalue weighted by Crippen LogP contribution is -2.52. The van der Waals surface area contributed by atoms with Crippen molar-refractivity contribution in [3.63, 3.8) is 0 Å². The minimum Gasteiger partial charge on any atom is -0.497 e. The molecule has 1 N–H and O–H groups in total. The van der Waals surface area contributed by atoms with Crippen LogP contribution >= 0.6 is 0 Å². The van der Waals surface area contributed by atoms with Crippen molar-refractivity contribution in [1.82, 2.24) is 10.2 Å². The summed E-state index contributed by atoms with van der Waals surface area (Å²) in [4.78, 5) is 28.0. The van der Waals surface area contributed by atoms with E-state index in [0.29, 0.717) is 24.5 Å². The maximum atomic E-state index is 13.7. The molecule has 36 heavy (non-hydrogen) atoms. The molecular weight excluding hydrogens is 486 g/mol. The summed E-state index contributed by atoms with van der Waals surface area (Å²) < 4.78 is 42.4. The molecule has 2 rings (SSSR count). The molecule has 2 aromatic carbocycles. The van der Waals surface area contributed by atoms with Gasteiger partial charge in [-0.1, -0.05) is 19.1 Å². The summed E-state index contributed by atoms with van der Waals surface area (Å²) in [5, 5.41) is 2.76. The monoisotopic (exact) mass is 521 g/mol. The summed E-state index contributed by atoms with van der Waals surface area (Å²) >= 11 is 0. The Kier molecular flexibility index (Phi) is 10.4.